The van der Waals surface area contributed by atoms with Gasteiger partial charge in [-0.3, -0.25) is 0 Å². The molecule has 98 valence electrons. The maximum Gasteiger partial charge on any atom is 0.0983 e. The molecule has 0 saturated heterocycles. The molecule has 1 atom stereocenters. The summed E-state index contributed by atoms with van der Waals surface area (Å²) in [5, 5.41) is 10.7. The van der Waals surface area contributed by atoms with E-state index < -0.39 is 0 Å². The van der Waals surface area contributed by atoms with Crippen LogP contribution < -0.4 is 5.73 Å². The quantitative estimate of drug-likeness (QED) is 0.719. The Hall–Kier alpha value is -2.73. The standard InChI is InChI=1S/C17H15N3/c1-20-11-16(14-4-2-3-5-17(14)20)15(10-18)12-6-8-13(19)9-7-12/h2-9,11,15H,19H2,1H3. The van der Waals surface area contributed by atoms with Gasteiger partial charge >= 0.3 is 0 Å². The number of anilines is 1. The second kappa shape index (κ2) is 4.75. The van der Waals surface area contributed by atoms with E-state index in [4.69, 9.17) is 5.73 Å². The molecule has 2 aromatic carbocycles. The summed E-state index contributed by atoms with van der Waals surface area (Å²) < 4.78 is 2.06. The second-order valence-corrected chi connectivity index (χ2v) is 4.94. The second-order valence-electron chi connectivity index (χ2n) is 4.94. The molecule has 0 spiro atoms. The Morgan fingerprint density at radius 3 is 2.50 bits per heavy atom. The lowest BCUT2D eigenvalue weighted by Crippen LogP contribution is -1.98. The van der Waals surface area contributed by atoms with Gasteiger partial charge in [0.05, 0.1) is 12.0 Å². The third-order valence-corrected chi connectivity index (χ3v) is 3.64. The normalized spacial score (nSPS) is 12.2. The summed E-state index contributed by atoms with van der Waals surface area (Å²) in [6.07, 6.45) is 2.04. The monoisotopic (exact) mass is 261 g/mol. The van der Waals surface area contributed by atoms with E-state index in [9.17, 15) is 5.26 Å². The molecule has 0 aliphatic heterocycles. The van der Waals surface area contributed by atoms with Crippen molar-refractivity contribution in [3.63, 3.8) is 0 Å². The van der Waals surface area contributed by atoms with Crippen LogP contribution in [0.25, 0.3) is 10.9 Å². The van der Waals surface area contributed by atoms with Crippen molar-refractivity contribution in [2.24, 2.45) is 7.05 Å². The Kier molecular flexibility index (Phi) is 2.92. The molecule has 0 radical (unpaired) electrons. The van der Waals surface area contributed by atoms with Crippen molar-refractivity contribution in [1.29, 1.82) is 5.26 Å². The highest BCUT2D eigenvalue weighted by Crippen LogP contribution is 2.31. The Bertz CT molecular complexity index is 791. The number of para-hydroxylation sites is 1. The molecule has 20 heavy (non-hydrogen) atoms. The van der Waals surface area contributed by atoms with Gasteiger partial charge in [0.1, 0.15) is 0 Å². The summed E-state index contributed by atoms with van der Waals surface area (Å²) >= 11 is 0. The lowest BCUT2D eigenvalue weighted by atomic mass is 9.92. The molecule has 1 aromatic heterocycles. The van der Waals surface area contributed by atoms with Crippen LogP contribution in [0.1, 0.15) is 17.0 Å². The SMILES string of the molecule is Cn1cc(C(C#N)c2ccc(N)cc2)c2ccccc21. The minimum Gasteiger partial charge on any atom is -0.399 e. The summed E-state index contributed by atoms with van der Waals surface area (Å²) in [5.74, 6) is -0.276. The van der Waals surface area contributed by atoms with Crippen molar-refractivity contribution in [2.45, 2.75) is 5.92 Å². The van der Waals surface area contributed by atoms with Crippen molar-refractivity contribution in [1.82, 2.24) is 4.57 Å². The largest absolute Gasteiger partial charge is 0.399 e. The van der Waals surface area contributed by atoms with Crippen LogP contribution >= 0.6 is 0 Å². The van der Waals surface area contributed by atoms with Crippen molar-refractivity contribution >= 4 is 16.6 Å². The van der Waals surface area contributed by atoms with E-state index in [1.807, 2.05) is 49.6 Å². The Morgan fingerprint density at radius 2 is 1.80 bits per heavy atom. The van der Waals surface area contributed by atoms with Gasteiger partial charge < -0.3 is 10.3 Å². The minimum atomic E-state index is -0.276. The molecule has 2 N–H and O–H groups in total. The van der Waals surface area contributed by atoms with E-state index in [1.165, 1.54) is 0 Å². The lowest BCUT2D eigenvalue weighted by molar-refractivity contribution is 0.944. The number of nitrogen functional groups attached to an aromatic ring is 1. The summed E-state index contributed by atoms with van der Waals surface area (Å²) in [6, 6.07) is 18.1. The molecule has 3 heteroatoms. The number of hydrogen-bond donors (Lipinski definition) is 1. The molecule has 3 rings (SSSR count). The molecule has 0 saturated carbocycles. The number of rotatable bonds is 2. The van der Waals surface area contributed by atoms with Gasteiger partial charge in [-0.05, 0) is 29.3 Å². The first-order valence-corrected chi connectivity index (χ1v) is 6.49. The van der Waals surface area contributed by atoms with Gasteiger partial charge in [0.25, 0.3) is 0 Å². The zero-order valence-corrected chi connectivity index (χ0v) is 11.2. The zero-order valence-electron chi connectivity index (χ0n) is 11.2. The average Bonchev–Trinajstić information content (AvgIpc) is 2.80. The van der Waals surface area contributed by atoms with Crippen molar-refractivity contribution in [3.05, 3.63) is 65.9 Å². The maximum atomic E-state index is 9.58. The first-order valence-electron chi connectivity index (χ1n) is 6.49. The fourth-order valence-corrected chi connectivity index (χ4v) is 2.62. The molecular weight excluding hydrogens is 246 g/mol. The van der Waals surface area contributed by atoms with E-state index >= 15 is 0 Å². The number of nitrogens with zero attached hydrogens (tertiary/aromatic N) is 2. The number of hydrogen-bond acceptors (Lipinski definition) is 2. The third kappa shape index (κ3) is 1.92. The van der Waals surface area contributed by atoms with Crippen molar-refractivity contribution in [2.75, 3.05) is 5.73 Å². The van der Waals surface area contributed by atoms with Gasteiger partial charge in [0.2, 0.25) is 0 Å². The number of nitrogens with two attached hydrogens (primary N) is 1. The maximum absolute atomic E-state index is 9.58. The van der Waals surface area contributed by atoms with Gasteiger partial charge in [-0.1, -0.05) is 30.3 Å². The van der Waals surface area contributed by atoms with Crippen LogP contribution in [0.15, 0.2) is 54.7 Å². The molecular formula is C17H15N3. The number of nitriles is 1. The lowest BCUT2D eigenvalue weighted by Gasteiger charge is -2.09. The van der Waals surface area contributed by atoms with E-state index in [-0.39, 0.29) is 5.92 Å². The van der Waals surface area contributed by atoms with Crippen LogP contribution in [0.2, 0.25) is 0 Å². The van der Waals surface area contributed by atoms with E-state index in [1.54, 1.807) is 0 Å². The average molecular weight is 261 g/mol. The zero-order chi connectivity index (χ0) is 14.1. The first kappa shape index (κ1) is 12.3. The Balaban J connectivity index is 2.17. The predicted octanol–water partition coefficient (Wildman–Crippen LogP) is 3.42. The molecule has 0 fully saturated rings. The van der Waals surface area contributed by atoms with Crippen molar-refractivity contribution in [3.8, 4) is 6.07 Å². The highest BCUT2D eigenvalue weighted by Gasteiger charge is 2.18. The molecule has 3 aromatic rings. The van der Waals surface area contributed by atoms with E-state index in [0.29, 0.717) is 5.69 Å². The van der Waals surface area contributed by atoms with Gasteiger partial charge in [-0.25, -0.2) is 0 Å². The summed E-state index contributed by atoms with van der Waals surface area (Å²) in [4.78, 5) is 0. The van der Waals surface area contributed by atoms with Crippen molar-refractivity contribution < 1.29 is 0 Å². The highest BCUT2D eigenvalue weighted by molar-refractivity contribution is 5.85. The number of aromatic nitrogens is 1. The van der Waals surface area contributed by atoms with Crippen LogP contribution in [0.4, 0.5) is 5.69 Å². The topological polar surface area (TPSA) is 54.7 Å². The molecule has 3 nitrogen and oxygen atoms in total. The van der Waals surface area contributed by atoms with Gasteiger partial charge in [0.15, 0.2) is 0 Å². The fraction of sp³-hybridized carbons (Fsp3) is 0.118. The summed E-state index contributed by atoms with van der Waals surface area (Å²) in [5.41, 5.74) is 9.57. The Labute approximate surface area is 117 Å². The summed E-state index contributed by atoms with van der Waals surface area (Å²) in [6.45, 7) is 0. The first-order chi connectivity index (χ1) is 9.70. The number of fused-ring (bicyclic) bond motifs is 1. The highest BCUT2D eigenvalue weighted by atomic mass is 14.9. The van der Waals surface area contributed by atoms with Crippen LogP contribution in [0.3, 0.4) is 0 Å². The Morgan fingerprint density at radius 1 is 1.10 bits per heavy atom. The third-order valence-electron chi connectivity index (χ3n) is 3.64. The van der Waals surface area contributed by atoms with Crippen LogP contribution in [-0.4, -0.2) is 4.57 Å². The van der Waals surface area contributed by atoms with Gasteiger partial charge in [-0.2, -0.15) is 5.26 Å². The number of aryl methyl sites for hydroxylation is 1. The molecule has 0 bridgehead atoms. The predicted molar refractivity (Wildman–Crippen MR) is 81.2 cm³/mol. The van der Waals surface area contributed by atoms with Crippen LogP contribution in [-0.2, 0) is 7.05 Å². The molecule has 0 aliphatic rings. The fourth-order valence-electron chi connectivity index (χ4n) is 2.62. The molecule has 0 amide bonds. The van der Waals surface area contributed by atoms with Crippen LogP contribution in [0.5, 0.6) is 0 Å². The molecule has 1 heterocycles. The van der Waals surface area contributed by atoms with Crippen LogP contribution in [0, 0.1) is 11.3 Å². The van der Waals surface area contributed by atoms with Gasteiger partial charge in [-0.15, -0.1) is 0 Å². The molecule has 0 aliphatic carbocycles. The smallest absolute Gasteiger partial charge is 0.0983 e. The minimum absolute atomic E-state index is 0.276. The van der Waals surface area contributed by atoms with E-state index in [2.05, 4.69) is 22.8 Å². The van der Waals surface area contributed by atoms with E-state index in [0.717, 1.165) is 22.0 Å². The number of benzene rings is 2. The molecule has 1 unspecified atom stereocenters. The summed E-state index contributed by atoms with van der Waals surface area (Å²) in [7, 11) is 2.00. The van der Waals surface area contributed by atoms with Gasteiger partial charge in [0, 0.05) is 29.8 Å².